The average Bonchev–Trinajstić information content (AvgIpc) is 3.20. The Morgan fingerprint density at radius 1 is 0.604 bits per heavy atom. The first kappa shape index (κ1) is 46.4. The van der Waals surface area contributed by atoms with Crippen LogP contribution in [-0.4, -0.2) is 38.6 Å². The Kier molecular flexibility index (Phi) is 24.3. The molecule has 1 unspecified atom stereocenters. The predicted octanol–water partition coefficient (Wildman–Crippen LogP) is 11.9. The van der Waals surface area contributed by atoms with E-state index in [2.05, 4.69) is 13.8 Å². The summed E-state index contributed by atoms with van der Waals surface area (Å²) in [4.78, 5) is 0. The molecule has 0 radical (unpaired) electrons. The van der Waals surface area contributed by atoms with Crippen molar-refractivity contribution in [3.8, 4) is 0 Å². The average molecular weight is 771 g/mol. The molecular weight excluding hydrogens is 710 g/mol. The smallest absolute Gasteiger partial charge is 0.385 e. The van der Waals surface area contributed by atoms with E-state index < -0.39 is 28.1 Å². The van der Waals surface area contributed by atoms with Crippen LogP contribution in [0.3, 0.4) is 0 Å². The zero-order chi connectivity index (χ0) is 38.6. The number of hydrogen-bond donors (Lipinski definition) is 0. The number of phosphoric ester groups is 1. The van der Waals surface area contributed by atoms with Crippen molar-refractivity contribution in [2.75, 3.05) is 26.9 Å². The maximum atomic E-state index is 14.1. The highest BCUT2D eigenvalue weighted by atomic mass is 31.2. The number of ether oxygens (including phenoxy) is 2. The standard InChI is InChI=1S/C37H46O9P2.C3H8.C2H6/c1-37(2,24-25-39-3)40-30-36(46-47(41-26-32-16-8-4-9-17-32)42-27-33-18-10-5-11-19-33)31-45-48(38,43-28-34-20-12-6-13-21-34)44-29-35-22-14-7-15-23-35;1-3-2;1-2/h4-23,36H,24-31H2,1-3H3;3H2,1-2H3;1-2H3. The van der Waals surface area contributed by atoms with E-state index in [1.54, 1.807) is 7.11 Å². The fourth-order valence-corrected chi connectivity index (χ4v) is 6.47. The second kappa shape index (κ2) is 27.7. The van der Waals surface area contributed by atoms with Gasteiger partial charge in [-0.2, -0.15) is 0 Å². The molecule has 0 saturated carbocycles. The lowest BCUT2D eigenvalue weighted by Gasteiger charge is -2.30. The summed E-state index contributed by atoms with van der Waals surface area (Å²) in [7, 11) is -4.33. The fourth-order valence-electron chi connectivity index (χ4n) is 4.21. The summed E-state index contributed by atoms with van der Waals surface area (Å²) in [5.74, 6) is 0. The molecule has 4 aromatic carbocycles. The van der Waals surface area contributed by atoms with E-state index in [1.165, 1.54) is 6.42 Å². The van der Waals surface area contributed by atoms with Crippen molar-refractivity contribution < 1.29 is 41.2 Å². The van der Waals surface area contributed by atoms with Gasteiger partial charge in [0.15, 0.2) is 0 Å². The van der Waals surface area contributed by atoms with Gasteiger partial charge in [0.05, 0.1) is 45.2 Å². The molecule has 53 heavy (non-hydrogen) atoms. The summed E-state index contributed by atoms with van der Waals surface area (Å²) in [6.07, 6.45) is 1.15. The summed E-state index contributed by atoms with van der Waals surface area (Å²) in [5.41, 5.74) is 3.05. The minimum absolute atomic E-state index is 0.0338. The van der Waals surface area contributed by atoms with Crippen molar-refractivity contribution in [1.82, 2.24) is 0 Å². The zero-order valence-corrected chi connectivity index (χ0v) is 34.3. The molecule has 0 N–H and O–H groups in total. The van der Waals surface area contributed by atoms with E-state index >= 15 is 0 Å². The first-order valence-electron chi connectivity index (χ1n) is 18.3. The quantitative estimate of drug-likeness (QED) is 0.0684. The van der Waals surface area contributed by atoms with E-state index in [0.717, 1.165) is 22.3 Å². The minimum atomic E-state index is -4.09. The van der Waals surface area contributed by atoms with E-state index in [1.807, 2.05) is 149 Å². The Morgan fingerprint density at radius 2 is 0.981 bits per heavy atom. The third-order valence-electron chi connectivity index (χ3n) is 7.05. The molecule has 0 amide bonds. The largest absolute Gasteiger partial charge is 0.475 e. The third kappa shape index (κ3) is 21.0. The van der Waals surface area contributed by atoms with Gasteiger partial charge in [0.2, 0.25) is 0 Å². The highest BCUT2D eigenvalue weighted by Crippen LogP contribution is 2.52. The van der Waals surface area contributed by atoms with Crippen LogP contribution in [0, 0.1) is 0 Å². The lowest BCUT2D eigenvalue weighted by atomic mass is 10.1. The Balaban J connectivity index is 0.00000185. The first-order chi connectivity index (χ1) is 25.7. The molecule has 0 bridgehead atoms. The molecule has 0 spiro atoms. The van der Waals surface area contributed by atoms with Gasteiger partial charge in [-0.15, -0.1) is 0 Å². The molecule has 0 fully saturated rings. The topological polar surface area (TPSA) is 90.9 Å². The monoisotopic (exact) mass is 770 g/mol. The highest BCUT2D eigenvalue weighted by Gasteiger charge is 2.32. The summed E-state index contributed by atoms with van der Waals surface area (Å²) >= 11 is 0. The summed E-state index contributed by atoms with van der Waals surface area (Å²) in [6, 6.07) is 38.4. The van der Waals surface area contributed by atoms with Gasteiger partial charge in [-0.1, -0.05) is 155 Å². The normalized spacial score (nSPS) is 12.0. The zero-order valence-electron chi connectivity index (χ0n) is 32.6. The van der Waals surface area contributed by atoms with Gasteiger partial charge in [0.1, 0.15) is 6.10 Å². The van der Waals surface area contributed by atoms with Gasteiger partial charge in [0, 0.05) is 13.7 Å². The minimum Gasteiger partial charge on any atom is -0.385 e. The summed E-state index contributed by atoms with van der Waals surface area (Å²) in [5, 5.41) is 0. The Morgan fingerprint density at radius 3 is 1.36 bits per heavy atom. The molecule has 292 valence electrons. The van der Waals surface area contributed by atoms with Crippen LogP contribution in [0.1, 0.15) is 76.6 Å². The number of methoxy groups -OCH3 is 1. The van der Waals surface area contributed by atoms with Crippen LogP contribution in [0.4, 0.5) is 0 Å². The van der Waals surface area contributed by atoms with E-state index in [0.29, 0.717) is 13.0 Å². The van der Waals surface area contributed by atoms with Crippen LogP contribution in [0.25, 0.3) is 0 Å². The van der Waals surface area contributed by atoms with Gasteiger partial charge in [0.25, 0.3) is 0 Å². The molecule has 11 heteroatoms. The fraction of sp³-hybridized carbons (Fsp3) is 0.429. The van der Waals surface area contributed by atoms with Gasteiger partial charge < -0.3 is 23.0 Å². The Labute approximate surface area is 319 Å². The second-order valence-electron chi connectivity index (χ2n) is 12.3. The SMILES string of the molecule is CC.CCC.COCCC(C)(C)OCC(COP(=O)(OCc1ccccc1)OCc1ccccc1)OP(OCc1ccccc1)OCc1ccccc1. The van der Waals surface area contributed by atoms with E-state index in [-0.39, 0.29) is 39.6 Å². The van der Waals surface area contributed by atoms with E-state index in [4.69, 9.17) is 36.6 Å². The maximum absolute atomic E-state index is 14.1. The van der Waals surface area contributed by atoms with Crippen molar-refractivity contribution in [2.45, 2.75) is 92.5 Å². The van der Waals surface area contributed by atoms with E-state index in [9.17, 15) is 4.57 Å². The van der Waals surface area contributed by atoms with Crippen LogP contribution < -0.4 is 0 Å². The molecule has 9 nitrogen and oxygen atoms in total. The third-order valence-corrected chi connectivity index (χ3v) is 9.55. The van der Waals surface area contributed by atoms with Crippen molar-refractivity contribution in [2.24, 2.45) is 0 Å². The molecule has 0 aliphatic carbocycles. The Bertz CT molecular complexity index is 1390. The van der Waals surface area contributed by atoms with Crippen molar-refractivity contribution in [1.29, 1.82) is 0 Å². The number of benzene rings is 4. The molecule has 0 aliphatic heterocycles. The molecule has 1 atom stereocenters. The number of rotatable bonds is 23. The second-order valence-corrected chi connectivity index (χ2v) is 15.1. The van der Waals surface area contributed by atoms with Crippen LogP contribution in [0.5, 0.6) is 0 Å². The first-order valence-corrected chi connectivity index (χ1v) is 20.8. The van der Waals surface area contributed by atoms with Crippen LogP contribution in [0.15, 0.2) is 121 Å². The summed E-state index contributed by atoms with van der Waals surface area (Å²) < 4.78 is 62.1. The maximum Gasteiger partial charge on any atom is 0.475 e. The summed E-state index contributed by atoms with van der Waals surface area (Å²) in [6.45, 7) is 13.3. The van der Waals surface area contributed by atoms with Crippen LogP contribution in [0.2, 0.25) is 0 Å². The molecule has 0 saturated heterocycles. The molecule has 0 heterocycles. The van der Waals surface area contributed by atoms with Gasteiger partial charge >= 0.3 is 16.4 Å². The lowest BCUT2D eigenvalue weighted by molar-refractivity contribution is -0.0790. The molecule has 4 aromatic rings. The lowest BCUT2D eigenvalue weighted by Crippen LogP contribution is -2.33. The number of hydrogen-bond acceptors (Lipinski definition) is 9. The predicted molar refractivity (Wildman–Crippen MR) is 214 cm³/mol. The van der Waals surface area contributed by atoms with Gasteiger partial charge in [-0.25, -0.2) is 4.57 Å². The van der Waals surface area contributed by atoms with Gasteiger partial charge in [-0.05, 0) is 42.5 Å². The van der Waals surface area contributed by atoms with Crippen molar-refractivity contribution in [3.63, 3.8) is 0 Å². The molecule has 0 aliphatic rings. The Hall–Kier alpha value is -2.78. The molecule has 0 aromatic heterocycles. The molecule has 4 rings (SSSR count). The van der Waals surface area contributed by atoms with Crippen molar-refractivity contribution in [3.05, 3.63) is 144 Å². The van der Waals surface area contributed by atoms with Crippen LogP contribution in [-0.2, 0) is 67.6 Å². The van der Waals surface area contributed by atoms with Gasteiger partial charge in [-0.3, -0.25) is 13.6 Å². The van der Waals surface area contributed by atoms with Crippen LogP contribution >= 0.6 is 16.4 Å². The number of phosphoric acid groups is 1. The highest BCUT2D eigenvalue weighted by molar-refractivity contribution is 7.48. The molecular formula is C42H60O9P2. The van der Waals surface area contributed by atoms with Crippen molar-refractivity contribution >= 4 is 16.4 Å².